The van der Waals surface area contributed by atoms with Gasteiger partial charge in [-0.25, -0.2) is 0 Å². The smallest absolute Gasteiger partial charge is 0.191 e. The summed E-state index contributed by atoms with van der Waals surface area (Å²) in [6, 6.07) is 2.74. The van der Waals surface area contributed by atoms with Gasteiger partial charge in [-0.2, -0.15) is 0 Å². The van der Waals surface area contributed by atoms with Crippen LogP contribution in [0.25, 0.3) is 0 Å². The first-order valence-corrected chi connectivity index (χ1v) is 8.15. The second-order valence-corrected chi connectivity index (χ2v) is 6.55. The van der Waals surface area contributed by atoms with E-state index in [-0.39, 0.29) is 24.0 Å². The van der Waals surface area contributed by atoms with Crippen LogP contribution in [0.1, 0.15) is 37.0 Å². The van der Waals surface area contributed by atoms with Crippen molar-refractivity contribution in [3.63, 3.8) is 0 Å². The normalized spacial score (nSPS) is 16.8. The van der Waals surface area contributed by atoms with Gasteiger partial charge >= 0.3 is 0 Å². The summed E-state index contributed by atoms with van der Waals surface area (Å²) in [5.74, 6) is 0.923. The lowest BCUT2D eigenvalue weighted by molar-refractivity contribution is 0.410. The zero-order valence-corrected chi connectivity index (χ0v) is 15.8. The standard InChI is InChI=1S/C13H20BrN3S.HI/c1-15-13(17-11-5-3-2-4-6-11)16-8-12-7-10(14)9-18-12;/h7,9,11H,2-6,8H2,1H3,(H2,15,16,17);1H. The van der Waals surface area contributed by atoms with Crippen LogP contribution in [-0.4, -0.2) is 19.0 Å². The van der Waals surface area contributed by atoms with Gasteiger partial charge < -0.3 is 10.6 Å². The number of nitrogens with one attached hydrogen (secondary N) is 2. The van der Waals surface area contributed by atoms with Gasteiger partial charge in [0.1, 0.15) is 0 Å². The predicted octanol–water partition coefficient (Wildman–Crippen LogP) is 4.13. The largest absolute Gasteiger partial charge is 0.354 e. The molecule has 1 saturated carbocycles. The average Bonchev–Trinajstić information content (AvgIpc) is 2.81. The van der Waals surface area contributed by atoms with Crippen LogP contribution in [0.2, 0.25) is 0 Å². The van der Waals surface area contributed by atoms with Crippen molar-refractivity contribution in [2.24, 2.45) is 4.99 Å². The minimum Gasteiger partial charge on any atom is -0.354 e. The highest BCUT2D eigenvalue weighted by molar-refractivity contribution is 14.0. The Hall–Kier alpha value is 0.180. The highest BCUT2D eigenvalue weighted by Gasteiger charge is 2.14. The molecule has 108 valence electrons. The Morgan fingerprint density at radius 2 is 2.16 bits per heavy atom. The van der Waals surface area contributed by atoms with Crippen LogP contribution in [0.5, 0.6) is 0 Å². The summed E-state index contributed by atoms with van der Waals surface area (Å²) < 4.78 is 1.15. The van der Waals surface area contributed by atoms with Crippen molar-refractivity contribution in [2.45, 2.75) is 44.7 Å². The van der Waals surface area contributed by atoms with Crippen molar-refractivity contribution in [3.05, 3.63) is 20.8 Å². The molecule has 0 atom stereocenters. The summed E-state index contributed by atoms with van der Waals surface area (Å²) in [5.41, 5.74) is 0. The Morgan fingerprint density at radius 3 is 2.74 bits per heavy atom. The maximum absolute atomic E-state index is 4.29. The molecule has 1 aliphatic rings. The lowest BCUT2D eigenvalue weighted by atomic mass is 9.96. The van der Waals surface area contributed by atoms with E-state index >= 15 is 0 Å². The molecule has 0 spiro atoms. The predicted molar refractivity (Wildman–Crippen MR) is 97.6 cm³/mol. The fraction of sp³-hybridized carbons (Fsp3) is 0.615. The molecule has 19 heavy (non-hydrogen) atoms. The van der Waals surface area contributed by atoms with E-state index in [1.165, 1.54) is 37.0 Å². The molecule has 0 radical (unpaired) electrons. The van der Waals surface area contributed by atoms with E-state index in [0.717, 1.165) is 17.0 Å². The Balaban J connectivity index is 0.00000180. The fourth-order valence-electron chi connectivity index (χ4n) is 2.25. The zero-order chi connectivity index (χ0) is 12.8. The number of thiophene rings is 1. The molecule has 1 fully saturated rings. The van der Waals surface area contributed by atoms with Crippen LogP contribution < -0.4 is 10.6 Å². The van der Waals surface area contributed by atoms with E-state index in [4.69, 9.17) is 0 Å². The molecule has 0 bridgehead atoms. The first-order valence-electron chi connectivity index (χ1n) is 6.48. The zero-order valence-electron chi connectivity index (χ0n) is 11.1. The molecular formula is C13H21BrIN3S. The van der Waals surface area contributed by atoms with E-state index in [2.05, 4.69) is 43.0 Å². The third-order valence-electron chi connectivity index (χ3n) is 3.22. The van der Waals surface area contributed by atoms with Crippen molar-refractivity contribution >= 4 is 57.2 Å². The van der Waals surface area contributed by atoms with Gasteiger partial charge in [-0.05, 0) is 34.8 Å². The molecule has 0 saturated heterocycles. The molecule has 1 aromatic rings. The summed E-state index contributed by atoms with van der Waals surface area (Å²) in [6.45, 7) is 0.836. The van der Waals surface area contributed by atoms with Crippen molar-refractivity contribution in [3.8, 4) is 0 Å². The Morgan fingerprint density at radius 1 is 1.42 bits per heavy atom. The first-order chi connectivity index (χ1) is 8.78. The quantitative estimate of drug-likeness (QED) is 0.406. The Bertz CT molecular complexity index is 402. The number of aliphatic imine (C=N–C) groups is 1. The van der Waals surface area contributed by atoms with Gasteiger partial charge in [0.05, 0.1) is 6.54 Å². The summed E-state index contributed by atoms with van der Waals surface area (Å²) in [4.78, 5) is 5.60. The number of guanidine groups is 1. The molecule has 1 aromatic heterocycles. The molecule has 2 rings (SSSR count). The van der Waals surface area contributed by atoms with Crippen molar-refractivity contribution in [1.82, 2.24) is 10.6 Å². The Kier molecular flexibility index (Phi) is 8.32. The first kappa shape index (κ1) is 17.2. The molecule has 0 amide bonds. The van der Waals surface area contributed by atoms with Gasteiger partial charge in [-0.1, -0.05) is 19.3 Å². The van der Waals surface area contributed by atoms with Crippen molar-refractivity contribution in [2.75, 3.05) is 7.05 Å². The number of rotatable bonds is 3. The van der Waals surface area contributed by atoms with Crippen LogP contribution in [0.15, 0.2) is 20.9 Å². The van der Waals surface area contributed by atoms with E-state index in [1.54, 1.807) is 11.3 Å². The molecule has 1 aliphatic carbocycles. The maximum Gasteiger partial charge on any atom is 0.191 e. The Labute approximate surface area is 144 Å². The van der Waals surface area contributed by atoms with Gasteiger partial charge in [-0.3, -0.25) is 4.99 Å². The van der Waals surface area contributed by atoms with Gasteiger partial charge in [0, 0.05) is 27.8 Å². The summed E-state index contributed by atoms with van der Waals surface area (Å²) in [6.07, 6.45) is 6.60. The van der Waals surface area contributed by atoms with Crippen molar-refractivity contribution in [1.29, 1.82) is 0 Å². The molecule has 1 heterocycles. The van der Waals surface area contributed by atoms with E-state index in [1.807, 2.05) is 7.05 Å². The molecule has 0 aromatic carbocycles. The molecule has 0 aliphatic heterocycles. The lowest BCUT2D eigenvalue weighted by Crippen LogP contribution is -2.43. The fourth-order valence-corrected chi connectivity index (χ4v) is 3.64. The van der Waals surface area contributed by atoms with Crippen LogP contribution in [0.4, 0.5) is 0 Å². The van der Waals surface area contributed by atoms with E-state index < -0.39 is 0 Å². The second-order valence-electron chi connectivity index (χ2n) is 4.64. The molecular weight excluding hydrogens is 437 g/mol. The molecule has 6 heteroatoms. The number of halogens is 2. The third-order valence-corrected chi connectivity index (χ3v) is 4.92. The minimum absolute atomic E-state index is 0. The molecule has 3 nitrogen and oxygen atoms in total. The molecule has 2 N–H and O–H groups in total. The van der Waals surface area contributed by atoms with E-state index in [9.17, 15) is 0 Å². The van der Waals surface area contributed by atoms with Crippen LogP contribution in [0, 0.1) is 0 Å². The van der Waals surface area contributed by atoms with Gasteiger partial charge in [0.25, 0.3) is 0 Å². The van der Waals surface area contributed by atoms with Crippen LogP contribution in [0.3, 0.4) is 0 Å². The summed E-state index contributed by atoms with van der Waals surface area (Å²) in [7, 11) is 1.84. The number of nitrogens with zero attached hydrogens (tertiary/aromatic N) is 1. The SMILES string of the molecule is CN=C(NCc1cc(Br)cs1)NC1CCCCC1.I. The van der Waals surface area contributed by atoms with Crippen LogP contribution in [-0.2, 0) is 6.54 Å². The van der Waals surface area contributed by atoms with Gasteiger partial charge in [0.2, 0.25) is 0 Å². The van der Waals surface area contributed by atoms with Crippen LogP contribution >= 0.6 is 51.2 Å². The van der Waals surface area contributed by atoms with Gasteiger partial charge in [0.15, 0.2) is 5.96 Å². The van der Waals surface area contributed by atoms with Gasteiger partial charge in [-0.15, -0.1) is 35.3 Å². The topological polar surface area (TPSA) is 36.4 Å². The van der Waals surface area contributed by atoms with E-state index in [0.29, 0.717) is 6.04 Å². The summed E-state index contributed by atoms with van der Waals surface area (Å²) >= 11 is 5.23. The molecule has 0 unspecified atom stereocenters. The number of hydrogen-bond donors (Lipinski definition) is 2. The highest BCUT2D eigenvalue weighted by Crippen LogP contribution is 2.19. The summed E-state index contributed by atoms with van der Waals surface area (Å²) in [5, 5.41) is 8.99. The van der Waals surface area contributed by atoms with Crippen molar-refractivity contribution < 1.29 is 0 Å². The monoisotopic (exact) mass is 457 g/mol. The number of hydrogen-bond acceptors (Lipinski definition) is 2. The average molecular weight is 458 g/mol. The maximum atomic E-state index is 4.29. The lowest BCUT2D eigenvalue weighted by Gasteiger charge is -2.24. The highest BCUT2D eigenvalue weighted by atomic mass is 127. The second kappa shape index (κ2) is 9.18. The minimum atomic E-state index is 0. The third kappa shape index (κ3) is 5.99.